The summed E-state index contributed by atoms with van der Waals surface area (Å²) in [5, 5.41) is 9.01. The van der Waals surface area contributed by atoms with Crippen LogP contribution in [0.5, 0.6) is 0 Å². The fraction of sp³-hybridized carbons (Fsp3) is 0.222. The molecule has 1 aromatic carbocycles. The van der Waals surface area contributed by atoms with Crippen molar-refractivity contribution in [1.29, 1.82) is 0 Å². The van der Waals surface area contributed by atoms with Gasteiger partial charge in [-0.3, -0.25) is 4.79 Å². The summed E-state index contributed by atoms with van der Waals surface area (Å²) in [5.41, 5.74) is 3.16. The average molecular weight is 353 g/mol. The summed E-state index contributed by atoms with van der Waals surface area (Å²) in [6.45, 7) is 4.41. The number of anilines is 2. The standard InChI is InChI=1S/C18H19N5OS/c1-12-10-13(2)22-18(21-12)23-15-5-3-4-14(11-15)17(24)20-7-6-16-19-8-9-25-16/h3-5,8-11H,6-7H2,1-2H3,(H,20,24)(H,21,22,23). The van der Waals surface area contributed by atoms with Crippen molar-refractivity contribution in [2.24, 2.45) is 0 Å². The zero-order chi connectivity index (χ0) is 17.6. The largest absolute Gasteiger partial charge is 0.352 e. The third kappa shape index (κ3) is 4.84. The van der Waals surface area contributed by atoms with Gasteiger partial charge in [0.25, 0.3) is 5.91 Å². The maximum absolute atomic E-state index is 12.3. The molecule has 0 aliphatic heterocycles. The predicted molar refractivity (Wildman–Crippen MR) is 99.4 cm³/mol. The number of rotatable bonds is 6. The van der Waals surface area contributed by atoms with Crippen LogP contribution in [0.25, 0.3) is 0 Å². The number of nitrogens with one attached hydrogen (secondary N) is 2. The van der Waals surface area contributed by atoms with E-state index in [4.69, 9.17) is 0 Å². The SMILES string of the molecule is Cc1cc(C)nc(Nc2cccc(C(=O)NCCc3nccs3)c2)n1. The molecular weight excluding hydrogens is 334 g/mol. The van der Waals surface area contributed by atoms with Crippen LogP contribution in [0.3, 0.4) is 0 Å². The molecule has 0 atom stereocenters. The lowest BCUT2D eigenvalue weighted by Gasteiger charge is -2.09. The van der Waals surface area contributed by atoms with Gasteiger partial charge in [0.1, 0.15) is 0 Å². The fourth-order valence-electron chi connectivity index (χ4n) is 2.41. The molecule has 3 aromatic rings. The van der Waals surface area contributed by atoms with Crippen molar-refractivity contribution in [3.05, 3.63) is 63.9 Å². The maximum Gasteiger partial charge on any atom is 0.251 e. The van der Waals surface area contributed by atoms with Gasteiger partial charge in [-0.1, -0.05) is 6.07 Å². The van der Waals surface area contributed by atoms with E-state index in [-0.39, 0.29) is 5.91 Å². The Balaban J connectivity index is 1.63. The Morgan fingerprint density at radius 3 is 2.68 bits per heavy atom. The van der Waals surface area contributed by atoms with Crippen molar-refractivity contribution >= 4 is 28.9 Å². The fourth-order valence-corrected chi connectivity index (χ4v) is 3.03. The van der Waals surface area contributed by atoms with Crippen LogP contribution in [0.4, 0.5) is 11.6 Å². The highest BCUT2D eigenvalue weighted by Crippen LogP contribution is 2.16. The zero-order valence-electron chi connectivity index (χ0n) is 14.1. The highest BCUT2D eigenvalue weighted by molar-refractivity contribution is 7.09. The van der Waals surface area contributed by atoms with Gasteiger partial charge < -0.3 is 10.6 Å². The first kappa shape index (κ1) is 17.0. The molecule has 0 saturated heterocycles. The molecule has 0 aliphatic carbocycles. The number of aromatic nitrogens is 3. The topological polar surface area (TPSA) is 79.8 Å². The van der Waals surface area contributed by atoms with Gasteiger partial charge in [-0.05, 0) is 38.1 Å². The minimum absolute atomic E-state index is 0.110. The Hall–Kier alpha value is -2.80. The Labute approximate surface area is 150 Å². The quantitative estimate of drug-likeness (QED) is 0.711. The van der Waals surface area contributed by atoms with Gasteiger partial charge in [0, 0.05) is 47.2 Å². The van der Waals surface area contributed by atoms with Gasteiger partial charge >= 0.3 is 0 Å². The van der Waals surface area contributed by atoms with Crippen LogP contribution in [-0.2, 0) is 6.42 Å². The lowest BCUT2D eigenvalue weighted by molar-refractivity contribution is 0.0954. The van der Waals surface area contributed by atoms with E-state index in [0.29, 0.717) is 18.1 Å². The van der Waals surface area contributed by atoms with Crippen LogP contribution in [-0.4, -0.2) is 27.4 Å². The van der Waals surface area contributed by atoms with Crippen molar-refractivity contribution < 1.29 is 4.79 Å². The van der Waals surface area contributed by atoms with Gasteiger partial charge in [-0.15, -0.1) is 11.3 Å². The summed E-state index contributed by atoms with van der Waals surface area (Å²) >= 11 is 1.59. The van der Waals surface area contributed by atoms with E-state index < -0.39 is 0 Å². The summed E-state index contributed by atoms with van der Waals surface area (Å²) in [7, 11) is 0. The lowest BCUT2D eigenvalue weighted by Crippen LogP contribution is -2.25. The summed E-state index contributed by atoms with van der Waals surface area (Å²) in [5.74, 6) is 0.417. The Kier molecular flexibility index (Phi) is 5.35. The van der Waals surface area contributed by atoms with Gasteiger partial charge in [0.15, 0.2) is 0 Å². The molecule has 0 unspecified atom stereocenters. The number of amides is 1. The number of carbonyl (C=O) groups excluding carboxylic acids is 1. The van der Waals surface area contributed by atoms with Crippen molar-refractivity contribution in [3.8, 4) is 0 Å². The molecule has 0 bridgehead atoms. The zero-order valence-corrected chi connectivity index (χ0v) is 14.9. The summed E-state index contributed by atoms with van der Waals surface area (Å²) in [6, 6.07) is 9.21. The Morgan fingerprint density at radius 2 is 1.96 bits per heavy atom. The molecular formula is C18H19N5OS. The van der Waals surface area contributed by atoms with Crippen molar-refractivity contribution in [2.75, 3.05) is 11.9 Å². The van der Waals surface area contributed by atoms with E-state index >= 15 is 0 Å². The second kappa shape index (κ2) is 7.85. The summed E-state index contributed by atoms with van der Waals surface area (Å²) < 4.78 is 0. The normalized spacial score (nSPS) is 10.5. The lowest BCUT2D eigenvalue weighted by atomic mass is 10.2. The van der Waals surface area contributed by atoms with Gasteiger partial charge in [0.05, 0.1) is 5.01 Å². The minimum Gasteiger partial charge on any atom is -0.352 e. The van der Waals surface area contributed by atoms with Gasteiger partial charge in [-0.25, -0.2) is 15.0 Å². The van der Waals surface area contributed by atoms with Crippen molar-refractivity contribution in [1.82, 2.24) is 20.3 Å². The first-order valence-electron chi connectivity index (χ1n) is 7.96. The third-order valence-corrected chi connectivity index (χ3v) is 4.31. The second-order valence-electron chi connectivity index (χ2n) is 5.61. The van der Waals surface area contributed by atoms with E-state index in [1.165, 1.54) is 0 Å². The van der Waals surface area contributed by atoms with Crippen LogP contribution in [0, 0.1) is 13.8 Å². The van der Waals surface area contributed by atoms with Crippen LogP contribution in [0.2, 0.25) is 0 Å². The van der Waals surface area contributed by atoms with Crippen LogP contribution >= 0.6 is 11.3 Å². The number of benzene rings is 1. The highest BCUT2D eigenvalue weighted by atomic mass is 32.1. The first-order valence-corrected chi connectivity index (χ1v) is 8.84. The van der Waals surface area contributed by atoms with E-state index in [9.17, 15) is 4.79 Å². The Bertz CT molecular complexity index is 843. The molecule has 0 saturated carbocycles. The number of nitrogens with zero attached hydrogens (tertiary/aromatic N) is 3. The molecule has 2 N–H and O–H groups in total. The molecule has 2 heterocycles. The second-order valence-corrected chi connectivity index (χ2v) is 6.59. The molecule has 0 spiro atoms. The maximum atomic E-state index is 12.3. The number of carbonyl (C=O) groups is 1. The van der Waals surface area contributed by atoms with Crippen molar-refractivity contribution in [3.63, 3.8) is 0 Å². The Morgan fingerprint density at radius 1 is 1.16 bits per heavy atom. The number of hydrogen-bond acceptors (Lipinski definition) is 6. The van der Waals surface area contributed by atoms with Crippen LogP contribution in [0.15, 0.2) is 41.9 Å². The molecule has 0 aliphatic rings. The number of thiazole rings is 1. The van der Waals surface area contributed by atoms with E-state index in [0.717, 1.165) is 28.5 Å². The van der Waals surface area contributed by atoms with E-state index in [2.05, 4.69) is 25.6 Å². The molecule has 2 aromatic heterocycles. The van der Waals surface area contributed by atoms with Gasteiger partial charge in [0.2, 0.25) is 5.95 Å². The smallest absolute Gasteiger partial charge is 0.251 e. The van der Waals surface area contributed by atoms with Gasteiger partial charge in [-0.2, -0.15) is 0 Å². The molecule has 25 heavy (non-hydrogen) atoms. The molecule has 0 fully saturated rings. The predicted octanol–water partition coefficient (Wildman–Crippen LogP) is 3.27. The molecule has 6 nitrogen and oxygen atoms in total. The first-order chi connectivity index (χ1) is 12.1. The average Bonchev–Trinajstić information content (AvgIpc) is 3.07. The monoisotopic (exact) mass is 353 g/mol. The van der Waals surface area contributed by atoms with E-state index in [1.807, 2.05) is 37.4 Å². The summed E-state index contributed by atoms with van der Waals surface area (Å²) in [4.78, 5) is 25.2. The molecule has 1 amide bonds. The van der Waals surface area contributed by atoms with E-state index in [1.54, 1.807) is 29.7 Å². The van der Waals surface area contributed by atoms with Crippen LogP contribution in [0.1, 0.15) is 26.8 Å². The molecule has 128 valence electrons. The molecule has 7 heteroatoms. The minimum atomic E-state index is -0.110. The van der Waals surface area contributed by atoms with Crippen LogP contribution < -0.4 is 10.6 Å². The van der Waals surface area contributed by atoms with Crippen molar-refractivity contribution in [2.45, 2.75) is 20.3 Å². The summed E-state index contributed by atoms with van der Waals surface area (Å²) in [6.07, 6.45) is 2.50. The number of hydrogen-bond donors (Lipinski definition) is 2. The number of aryl methyl sites for hydroxylation is 2. The molecule has 0 radical (unpaired) electrons. The molecule has 3 rings (SSSR count). The third-order valence-electron chi connectivity index (χ3n) is 3.47. The highest BCUT2D eigenvalue weighted by Gasteiger charge is 2.07.